The summed E-state index contributed by atoms with van der Waals surface area (Å²) >= 11 is 0. The number of aromatic amines is 1. The lowest BCUT2D eigenvalue weighted by molar-refractivity contribution is -0.137. The summed E-state index contributed by atoms with van der Waals surface area (Å²) < 4.78 is 10.8. The molecule has 0 radical (unpaired) electrons. The van der Waals surface area contributed by atoms with Crippen LogP contribution in [0.3, 0.4) is 0 Å². The lowest BCUT2D eigenvalue weighted by atomic mass is 10.1. The Kier molecular flexibility index (Phi) is 4.91. The van der Waals surface area contributed by atoms with E-state index in [1.807, 2.05) is 41.3 Å². The van der Waals surface area contributed by atoms with Crippen molar-refractivity contribution >= 4 is 28.5 Å². The van der Waals surface area contributed by atoms with E-state index in [0.717, 1.165) is 42.0 Å². The second-order valence-corrected chi connectivity index (χ2v) is 8.79. The average molecular weight is 447 g/mol. The van der Waals surface area contributed by atoms with Gasteiger partial charge in [-0.25, -0.2) is 0 Å². The largest absolute Gasteiger partial charge is 0.454 e. The van der Waals surface area contributed by atoms with Crippen molar-refractivity contribution in [3.05, 3.63) is 48.0 Å². The third kappa shape index (κ3) is 3.68. The van der Waals surface area contributed by atoms with Crippen LogP contribution in [0.1, 0.15) is 12.0 Å². The van der Waals surface area contributed by atoms with Gasteiger partial charge in [-0.1, -0.05) is 18.2 Å². The fourth-order valence-electron chi connectivity index (χ4n) is 4.91. The van der Waals surface area contributed by atoms with E-state index in [4.69, 9.17) is 9.47 Å². The van der Waals surface area contributed by atoms with E-state index in [-0.39, 0.29) is 30.9 Å². The van der Waals surface area contributed by atoms with E-state index < -0.39 is 0 Å². The van der Waals surface area contributed by atoms with Crippen LogP contribution < -0.4 is 14.4 Å². The maximum absolute atomic E-state index is 13.2. The highest BCUT2D eigenvalue weighted by molar-refractivity contribution is 6.05. The zero-order valence-electron chi connectivity index (χ0n) is 18.2. The van der Waals surface area contributed by atoms with Gasteiger partial charge in [0.1, 0.15) is 0 Å². The molecule has 9 heteroatoms. The molecule has 6 rings (SSSR count). The molecule has 2 fully saturated rings. The highest BCUT2D eigenvalue weighted by Gasteiger charge is 2.39. The zero-order chi connectivity index (χ0) is 22.4. The summed E-state index contributed by atoms with van der Waals surface area (Å²) in [6.07, 6.45) is 0.234. The molecular formula is C24H25N5O4. The predicted octanol–water partition coefficient (Wildman–Crippen LogP) is 1.99. The van der Waals surface area contributed by atoms with Gasteiger partial charge < -0.3 is 14.4 Å². The summed E-state index contributed by atoms with van der Waals surface area (Å²) in [5.74, 6) is 1.88. The number of H-pyrrole nitrogens is 1. The van der Waals surface area contributed by atoms with Gasteiger partial charge >= 0.3 is 0 Å². The topological polar surface area (TPSA) is 91.0 Å². The maximum Gasteiger partial charge on any atom is 0.231 e. The molecule has 3 aliphatic heterocycles. The number of carbonyl (C=O) groups excluding carboxylic acids is 2. The van der Waals surface area contributed by atoms with E-state index >= 15 is 0 Å². The van der Waals surface area contributed by atoms with Crippen molar-refractivity contribution in [1.29, 1.82) is 0 Å². The molecule has 170 valence electrons. The van der Waals surface area contributed by atoms with Crippen molar-refractivity contribution in [3.8, 4) is 11.5 Å². The molecule has 2 aromatic carbocycles. The Morgan fingerprint density at radius 3 is 2.76 bits per heavy atom. The van der Waals surface area contributed by atoms with Crippen molar-refractivity contribution < 1.29 is 19.1 Å². The number of nitrogens with zero attached hydrogens (tertiary/aromatic N) is 4. The summed E-state index contributed by atoms with van der Waals surface area (Å²) in [6, 6.07) is 13.7. The van der Waals surface area contributed by atoms with E-state index in [0.29, 0.717) is 25.5 Å². The number of hydrogen-bond donors (Lipinski definition) is 1. The molecule has 1 N–H and O–H groups in total. The monoisotopic (exact) mass is 447 g/mol. The van der Waals surface area contributed by atoms with Gasteiger partial charge in [0, 0.05) is 51.1 Å². The van der Waals surface area contributed by atoms with Gasteiger partial charge in [-0.05, 0) is 29.8 Å². The molecule has 0 saturated carbocycles. The number of nitrogens with one attached hydrogen (secondary N) is 1. The number of ether oxygens (including phenoxy) is 2. The second-order valence-electron chi connectivity index (χ2n) is 8.79. The number of para-hydroxylation sites is 1. The highest BCUT2D eigenvalue weighted by atomic mass is 16.7. The molecule has 1 atom stereocenters. The minimum atomic E-state index is -0.326. The summed E-state index contributed by atoms with van der Waals surface area (Å²) in [6.45, 7) is 4.39. The zero-order valence-corrected chi connectivity index (χ0v) is 18.2. The quantitative estimate of drug-likeness (QED) is 0.658. The van der Waals surface area contributed by atoms with Gasteiger partial charge in [0.25, 0.3) is 0 Å². The maximum atomic E-state index is 13.2. The predicted molar refractivity (Wildman–Crippen MR) is 121 cm³/mol. The van der Waals surface area contributed by atoms with Crippen molar-refractivity contribution in [2.75, 3.05) is 44.4 Å². The van der Waals surface area contributed by atoms with Crippen LogP contribution in [0.25, 0.3) is 10.9 Å². The number of amides is 2. The minimum absolute atomic E-state index is 0.0490. The van der Waals surface area contributed by atoms with Crippen molar-refractivity contribution in [2.45, 2.75) is 13.0 Å². The summed E-state index contributed by atoms with van der Waals surface area (Å²) in [4.78, 5) is 31.8. The molecule has 3 aromatic rings. The van der Waals surface area contributed by atoms with Gasteiger partial charge in [-0.3, -0.25) is 24.5 Å². The van der Waals surface area contributed by atoms with Gasteiger partial charge in [-0.15, -0.1) is 0 Å². The van der Waals surface area contributed by atoms with E-state index in [9.17, 15) is 9.59 Å². The number of carbonyl (C=O) groups is 2. The fourth-order valence-corrected chi connectivity index (χ4v) is 4.91. The third-order valence-corrected chi connectivity index (χ3v) is 6.71. The van der Waals surface area contributed by atoms with Crippen LogP contribution in [-0.4, -0.2) is 71.3 Å². The summed E-state index contributed by atoms with van der Waals surface area (Å²) in [5, 5.41) is 8.21. The number of piperazine rings is 1. The first kappa shape index (κ1) is 20.0. The van der Waals surface area contributed by atoms with Gasteiger partial charge in [-0.2, -0.15) is 5.10 Å². The smallest absolute Gasteiger partial charge is 0.231 e. The first-order chi connectivity index (χ1) is 16.2. The molecular weight excluding hydrogens is 422 g/mol. The Labute approximate surface area is 190 Å². The van der Waals surface area contributed by atoms with Crippen molar-refractivity contribution in [1.82, 2.24) is 20.0 Å². The fraction of sp³-hybridized carbons (Fsp3) is 0.375. The van der Waals surface area contributed by atoms with Crippen LogP contribution in [0.5, 0.6) is 11.5 Å². The Morgan fingerprint density at radius 1 is 1.06 bits per heavy atom. The van der Waals surface area contributed by atoms with Crippen molar-refractivity contribution in [2.24, 2.45) is 5.92 Å². The number of aromatic nitrogens is 2. The number of rotatable bonds is 4. The Balaban J connectivity index is 1.06. The molecule has 1 aromatic heterocycles. The molecule has 2 saturated heterocycles. The first-order valence-electron chi connectivity index (χ1n) is 11.3. The van der Waals surface area contributed by atoms with Crippen LogP contribution in [0.2, 0.25) is 0 Å². The normalized spacial score (nSPS) is 20.7. The molecule has 9 nitrogen and oxygen atoms in total. The highest BCUT2D eigenvalue weighted by Crippen LogP contribution is 2.33. The molecule has 2 amide bonds. The van der Waals surface area contributed by atoms with Crippen molar-refractivity contribution in [3.63, 3.8) is 0 Å². The molecule has 0 unspecified atom stereocenters. The Bertz CT molecular complexity index is 1220. The SMILES string of the molecule is O=C([C@H]1CC(=O)N(c2n[nH]c3ccccc23)C1)N1CCN(Cc2ccc3c(c2)OCO3)CC1. The standard InChI is InChI=1S/C24H25N5O4/c30-22-12-17(14-29(22)23-18-3-1-2-4-19(18)25-26-23)24(31)28-9-7-27(8-10-28)13-16-5-6-20-21(11-16)33-15-32-20/h1-6,11,17H,7-10,12-15H2,(H,25,26)/t17-/m0/s1. The third-order valence-electron chi connectivity index (χ3n) is 6.71. The molecule has 3 aliphatic rings. The van der Waals surface area contributed by atoms with Gasteiger partial charge in [0.15, 0.2) is 17.3 Å². The van der Waals surface area contributed by atoms with Crippen LogP contribution >= 0.6 is 0 Å². The molecule has 33 heavy (non-hydrogen) atoms. The second kappa shape index (κ2) is 8.08. The molecule has 0 aliphatic carbocycles. The average Bonchev–Trinajstić information content (AvgIpc) is 3.57. The molecule has 0 bridgehead atoms. The Morgan fingerprint density at radius 2 is 1.88 bits per heavy atom. The van der Waals surface area contributed by atoms with Crippen LogP contribution in [0.4, 0.5) is 5.82 Å². The van der Waals surface area contributed by atoms with E-state index in [1.54, 1.807) is 4.90 Å². The minimum Gasteiger partial charge on any atom is -0.454 e. The van der Waals surface area contributed by atoms with Crippen LogP contribution in [0, 0.1) is 5.92 Å². The lowest BCUT2D eigenvalue weighted by Gasteiger charge is -2.35. The molecule has 0 spiro atoms. The van der Waals surface area contributed by atoms with E-state index in [1.165, 1.54) is 5.56 Å². The van der Waals surface area contributed by atoms with Gasteiger partial charge in [0.2, 0.25) is 18.6 Å². The number of anilines is 1. The lowest BCUT2D eigenvalue weighted by Crippen LogP contribution is -2.50. The summed E-state index contributed by atoms with van der Waals surface area (Å²) in [7, 11) is 0. The number of fused-ring (bicyclic) bond motifs is 2. The molecule has 4 heterocycles. The van der Waals surface area contributed by atoms with Crippen LogP contribution in [0.15, 0.2) is 42.5 Å². The van der Waals surface area contributed by atoms with E-state index in [2.05, 4.69) is 21.2 Å². The first-order valence-corrected chi connectivity index (χ1v) is 11.3. The number of benzene rings is 2. The Hall–Kier alpha value is -3.59. The number of hydrogen-bond acceptors (Lipinski definition) is 6. The summed E-state index contributed by atoms with van der Waals surface area (Å²) in [5.41, 5.74) is 2.05. The van der Waals surface area contributed by atoms with Crippen LogP contribution in [-0.2, 0) is 16.1 Å². The van der Waals surface area contributed by atoms with Gasteiger partial charge in [0.05, 0.1) is 11.4 Å².